The Morgan fingerprint density at radius 1 is 1.40 bits per heavy atom. The lowest BCUT2D eigenvalue weighted by molar-refractivity contribution is 1.16. The van der Waals surface area contributed by atoms with Crippen LogP contribution in [0.1, 0.15) is 18.2 Å². The lowest BCUT2D eigenvalue weighted by Crippen LogP contribution is -1.82. The number of nitrogens with zero attached hydrogens (tertiary/aromatic N) is 2. The second-order valence-electron chi connectivity index (χ2n) is 3.55. The molecule has 2 aromatic heterocycles. The zero-order valence-electron chi connectivity index (χ0n) is 9.07. The topological polar surface area (TPSA) is 17.3 Å². The monoisotopic (exact) mass is 198 g/mol. The molecule has 2 aromatic rings. The van der Waals surface area contributed by atoms with Gasteiger partial charge in [0, 0.05) is 12.4 Å². The molecular weight excluding hydrogens is 184 g/mol. The van der Waals surface area contributed by atoms with Crippen LogP contribution in [0.2, 0.25) is 0 Å². The molecule has 2 rings (SSSR count). The first-order valence-electron chi connectivity index (χ1n) is 4.99. The summed E-state index contributed by atoms with van der Waals surface area (Å²) in [7, 11) is 0. The van der Waals surface area contributed by atoms with Crippen LogP contribution in [0.3, 0.4) is 0 Å². The molecule has 0 unspecified atom stereocenters. The molecule has 2 nitrogen and oxygen atoms in total. The van der Waals surface area contributed by atoms with Crippen molar-refractivity contribution in [1.29, 1.82) is 0 Å². The summed E-state index contributed by atoms with van der Waals surface area (Å²) >= 11 is 0. The lowest BCUT2D eigenvalue weighted by Gasteiger charge is -1.93. The van der Waals surface area contributed by atoms with Crippen molar-refractivity contribution in [3.63, 3.8) is 0 Å². The summed E-state index contributed by atoms with van der Waals surface area (Å²) in [6.45, 7) is 7.84. The van der Waals surface area contributed by atoms with Crippen LogP contribution in [0, 0.1) is 6.92 Å². The van der Waals surface area contributed by atoms with Crippen molar-refractivity contribution in [1.82, 2.24) is 9.38 Å². The van der Waals surface area contributed by atoms with Crippen LogP contribution in [0.4, 0.5) is 0 Å². The van der Waals surface area contributed by atoms with E-state index in [-0.39, 0.29) is 0 Å². The number of aryl methyl sites for hydroxylation is 1. The fourth-order valence-electron chi connectivity index (χ4n) is 1.61. The van der Waals surface area contributed by atoms with Crippen molar-refractivity contribution < 1.29 is 0 Å². The molecule has 0 bridgehead atoms. The quantitative estimate of drug-likeness (QED) is 0.677. The number of pyridine rings is 1. The lowest BCUT2D eigenvalue weighted by atomic mass is 10.2. The minimum atomic E-state index is 0.969. The second-order valence-corrected chi connectivity index (χ2v) is 3.55. The smallest absolute Gasteiger partial charge is 0.137 e. The molecule has 0 amide bonds. The Morgan fingerprint density at radius 2 is 2.20 bits per heavy atom. The maximum Gasteiger partial charge on any atom is 0.137 e. The third kappa shape index (κ3) is 1.71. The van der Waals surface area contributed by atoms with Gasteiger partial charge in [-0.2, -0.15) is 0 Å². The average molecular weight is 198 g/mol. The van der Waals surface area contributed by atoms with E-state index in [9.17, 15) is 0 Å². The molecule has 15 heavy (non-hydrogen) atoms. The van der Waals surface area contributed by atoms with E-state index in [0.717, 1.165) is 16.9 Å². The van der Waals surface area contributed by atoms with E-state index >= 15 is 0 Å². The molecule has 0 N–H and O–H groups in total. The van der Waals surface area contributed by atoms with E-state index in [1.165, 1.54) is 5.56 Å². The van der Waals surface area contributed by atoms with Crippen LogP contribution < -0.4 is 0 Å². The first-order chi connectivity index (χ1) is 7.24. The van der Waals surface area contributed by atoms with Crippen molar-refractivity contribution in [2.75, 3.05) is 0 Å². The molecule has 0 saturated carbocycles. The number of aromatic nitrogens is 2. The summed E-state index contributed by atoms with van der Waals surface area (Å²) in [5, 5.41) is 0. The van der Waals surface area contributed by atoms with E-state index in [0.29, 0.717) is 0 Å². The highest BCUT2D eigenvalue weighted by atomic mass is 15.0. The molecule has 0 atom stereocenters. The van der Waals surface area contributed by atoms with Gasteiger partial charge in [-0.3, -0.25) is 0 Å². The second kappa shape index (κ2) is 3.73. The Labute approximate surface area is 89.6 Å². The largest absolute Gasteiger partial charge is 0.306 e. The van der Waals surface area contributed by atoms with Gasteiger partial charge in [0.15, 0.2) is 0 Å². The van der Waals surface area contributed by atoms with Gasteiger partial charge in [0.25, 0.3) is 0 Å². The third-order valence-corrected chi connectivity index (χ3v) is 2.43. The van der Waals surface area contributed by atoms with Crippen molar-refractivity contribution in [2.45, 2.75) is 13.8 Å². The molecule has 0 radical (unpaired) electrons. The highest BCUT2D eigenvalue weighted by Crippen LogP contribution is 2.15. The van der Waals surface area contributed by atoms with Crippen molar-refractivity contribution in [3.8, 4) is 0 Å². The Morgan fingerprint density at radius 3 is 2.87 bits per heavy atom. The average Bonchev–Trinajstić information content (AvgIpc) is 2.62. The molecule has 0 fully saturated rings. The van der Waals surface area contributed by atoms with Gasteiger partial charge in [-0.15, -0.1) is 0 Å². The van der Waals surface area contributed by atoms with E-state index in [4.69, 9.17) is 0 Å². The van der Waals surface area contributed by atoms with Gasteiger partial charge in [0.05, 0.1) is 5.69 Å². The fourth-order valence-corrected chi connectivity index (χ4v) is 1.61. The van der Waals surface area contributed by atoms with Gasteiger partial charge in [-0.1, -0.05) is 24.8 Å². The molecule has 76 valence electrons. The SMILES string of the molecule is C=CC(=CC)c1cn2cc(C)ccc2n1. The third-order valence-electron chi connectivity index (χ3n) is 2.43. The van der Waals surface area contributed by atoms with Crippen LogP contribution >= 0.6 is 0 Å². The van der Waals surface area contributed by atoms with E-state index in [2.05, 4.69) is 30.7 Å². The standard InChI is InChI=1S/C13H14N2/c1-4-11(5-2)12-9-15-8-10(3)6-7-13(15)14-12/h4-9H,1H2,2-3H3. The number of imidazole rings is 1. The number of hydrogen-bond donors (Lipinski definition) is 0. The van der Waals surface area contributed by atoms with Crippen LogP contribution in [0.5, 0.6) is 0 Å². The summed E-state index contributed by atoms with van der Waals surface area (Å²) in [6.07, 6.45) is 7.94. The van der Waals surface area contributed by atoms with E-state index in [1.54, 1.807) is 0 Å². The normalized spacial score (nSPS) is 12.0. The van der Waals surface area contributed by atoms with Crippen LogP contribution in [0.25, 0.3) is 11.2 Å². The molecule has 0 aliphatic rings. The minimum Gasteiger partial charge on any atom is -0.306 e. The fraction of sp³-hybridized carbons (Fsp3) is 0.154. The Bertz CT molecular complexity index is 532. The van der Waals surface area contributed by atoms with Crippen molar-refractivity contribution in [3.05, 3.63) is 54.5 Å². The predicted octanol–water partition coefficient (Wildman–Crippen LogP) is 3.23. The van der Waals surface area contributed by atoms with Crippen molar-refractivity contribution >= 4 is 11.2 Å². The Balaban J connectivity index is 2.61. The van der Waals surface area contributed by atoms with E-state index < -0.39 is 0 Å². The van der Waals surface area contributed by atoms with Crippen LogP contribution in [-0.4, -0.2) is 9.38 Å². The maximum absolute atomic E-state index is 4.52. The molecule has 0 aliphatic heterocycles. The van der Waals surface area contributed by atoms with Gasteiger partial charge in [0.1, 0.15) is 5.65 Å². The zero-order valence-corrected chi connectivity index (χ0v) is 9.07. The Hall–Kier alpha value is -1.83. The van der Waals surface area contributed by atoms with Crippen LogP contribution in [0.15, 0.2) is 43.3 Å². The maximum atomic E-state index is 4.52. The molecular formula is C13H14N2. The molecule has 0 aromatic carbocycles. The summed E-state index contributed by atoms with van der Waals surface area (Å²) in [5.41, 5.74) is 4.23. The summed E-state index contributed by atoms with van der Waals surface area (Å²) < 4.78 is 2.04. The van der Waals surface area contributed by atoms with Gasteiger partial charge in [-0.05, 0) is 31.1 Å². The molecule has 0 aliphatic carbocycles. The minimum absolute atomic E-state index is 0.969. The molecule has 0 spiro atoms. The number of rotatable bonds is 2. The number of hydrogen-bond acceptors (Lipinski definition) is 1. The first-order valence-corrected chi connectivity index (χ1v) is 4.99. The van der Waals surface area contributed by atoms with Gasteiger partial charge < -0.3 is 4.40 Å². The first kappa shape index (κ1) is 9.71. The highest BCUT2D eigenvalue weighted by molar-refractivity contribution is 5.72. The van der Waals surface area contributed by atoms with Gasteiger partial charge in [-0.25, -0.2) is 4.98 Å². The molecule has 2 heteroatoms. The van der Waals surface area contributed by atoms with E-state index in [1.807, 2.05) is 35.7 Å². The summed E-state index contributed by atoms with van der Waals surface area (Å²) in [5.74, 6) is 0. The summed E-state index contributed by atoms with van der Waals surface area (Å²) in [4.78, 5) is 4.52. The van der Waals surface area contributed by atoms with Gasteiger partial charge >= 0.3 is 0 Å². The van der Waals surface area contributed by atoms with Crippen molar-refractivity contribution in [2.24, 2.45) is 0 Å². The zero-order chi connectivity index (χ0) is 10.8. The highest BCUT2D eigenvalue weighted by Gasteiger charge is 2.03. The summed E-state index contributed by atoms with van der Waals surface area (Å²) in [6, 6.07) is 4.09. The molecule has 2 heterocycles. The van der Waals surface area contributed by atoms with Crippen LogP contribution in [-0.2, 0) is 0 Å². The Kier molecular flexibility index (Phi) is 2.42. The predicted molar refractivity (Wildman–Crippen MR) is 63.8 cm³/mol. The number of allylic oxidation sites excluding steroid dienone is 3. The molecule has 0 saturated heterocycles. The number of fused-ring (bicyclic) bond motifs is 1. The van der Waals surface area contributed by atoms with Gasteiger partial charge in [0.2, 0.25) is 0 Å².